The number of carbonyl (C=O) groups is 3. The van der Waals surface area contributed by atoms with E-state index in [4.69, 9.17) is 23.2 Å². The average molecular weight is 401 g/mol. The Hall–Kier alpha value is -2.09. The summed E-state index contributed by atoms with van der Waals surface area (Å²) in [6, 6.07) is 7.86. The summed E-state index contributed by atoms with van der Waals surface area (Å²) >= 11 is 13.0. The second kappa shape index (κ2) is 8.33. The highest BCUT2D eigenvalue weighted by atomic mass is 35.5. The molecule has 1 heterocycles. The van der Waals surface area contributed by atoms with Crippen LogP contribution >= 0.6 is 34.5 Å². The largest absolute Gasteiger partial charge is 0.465 e. The Morgan fingerprint density at radius 2 is 1.72 bits per heavy atom. The van der Waals surface area contributed by atoms with E-state index in [1.165, 1.54) is 31.2 Å². The van der Waals surface area contributed by atoms with Gasteiger partial charge in [-0.05, 0) is 24.3 Å². The van der Waals surface area contributed by atoms with Crippen LogP contribution in [0.15, 0.2) is 30.3 Å². The number of halogens is 2. The van der Waals surface area contributed by atoms with Gasteiger partial charge in [0.05, 0.1) is 34.3 Å². The zero-order valence-corrected chi connectivity index (χ0v) is 15.7. The number of amides is 2. The van der Waals surface area contributed by atoms with Gasteiger partial charge in [0.15, 0.2) is 0 Å². The van der Waals surface area contributed by atoms with Crippen LogP contribution in [0.2, 0.25) is 10.0 Å². The standard InChI is InChI=1S/C16H14Cl2N2O4S/c1-20(15(22)11-6-7-12(25-11)16(23)24-2)8-13(21)19-14-9(17)4-3-5-10(14)18/h3-7H,8H2,1-2H3,(H,19,21). The predicted molar refractivity (Wildman–Crippen MR) is 97.7 cm³/mol. The van der Waals surface area contributed by atoms with Crippen LogP contribution < -0.4 is 5.32 Å². The summed E-state index contributed by atoms with van der Waals surface area (Å²) in [5.74, 6) is -1.35. The van der Waals surface area contributed by atoms with E-state index in [0.29, 0.717) is 25.5 Å². The van der Waals surface area contributed by atoms with E-state index in [0.717, 1.165) is 11.3 Å². The molecule has 132 valence electrons. The fourth-order valence-corrected chi connectivity index (χ4v) is 3.35. The third kappa shape index (κ3) is 4.72. The number of carbonyl (C=O) groups excluding carboxylic acids is 3. The maximum atomic E-state index is 12.3. The van der Waals surface area contributed by atoms with E-state index in [9.17, 15) is 14.4 Å². The van der Waals surface area contributed by atoms with Crippen molar-refractivity contribution in [2.45, 2.75) is 0 Å². The van der Waals surface area contributed by atoms with Gasteiger partial charge in [0.2, 0.25) is 5.91 Å². The molecule has 9 heteroatoms. The first-order valence-corrected chi connectivity index (χ1v) is 8.58. The van der Waals surface area contributed by atoms with Gasteiger partial charge in [0, 0.05) is 7.05 Å². The van der Waals surface area contributed by atoms with Crippen molar-refractivity contribution in [3.63, 3.8) is 0 Å². The van der Waals surface area contributed by atoms with Crippen molar-refractivity contribution < 1.29 is 19.1 Å². The van der Waals surface area contributed by atoms with Gasteiger partial charge in [-0.15, -0.1) is 11.3 Å². The zero-order valence-electron chi connectivity index (χ0n) is 13.3. The molecule has 1 N–H and O–H groups in total. The van der Waals surface area contributed by atoms with Crippen molar-refractivity contribution >= 4 is 58.0 Å². The van der Waals surface area contributed by atoms with Crippen LogP contribution in [0.25, 0.3) is 0 Å². The molecule has 0 aliphatic rings. The van der Waals surface area contributed by atoms with Crippen molar-refractivity contribution in [3.8, 4) is 0 Å². The van der Waals surface area contributed by atoms with Crippen molar-refractivity contribution in [2.75, 3.05) is 26.0 Å². The molecular weight excluding hydrogens is 387 g/mol. The number of ether oxygens (including phenoxy) is 1. The van der Waals surface area contributed by atoms with Crippen LogP contribution in [-0.4, -0.2) is 43.4 Å². The lowest BCUT2D eigenvalue weighted by atomic mass is 10.3. The van der Waals surface area contributed by atoms with Gasteiger partial charge in [0.25, 0.3) is 5.91 Å². The maximum absolute atomic E-state index is 12.3. The molecule has 0 unspecified atom stereocenters. The molecule has 0 bridgehead atoms. The smallest absolute Gasteiger partial charge is 0.348 e. The molecule has 25 heavy (non-hydrogen) atoms. The van der Waals surface area contributed by atoms with E-state index in [1.54, 1.807) is 18.2 Å². The van der Waals surface area contributed by atoms with Gasteiger partial charge in [-0.1, -0.05) is 29.3 Å². The van der Waals surface area contributed by atoms with Crippen LogP contribution in [0.5, 0.6) is 0 Å². The highest BCUT2D eigenvalue weighted by molar-refractivity contribution is 7.15. The van der Waals surface area contributed by atoms with Gasteiger partial charge < -0.3 is 15.0 Å². The molecule has 2 rings (SSSR count). The van der Waals surface area contributed by atoms with Crippen LogP contribution in [0.1, 0.15) is 19.3 Å². The average Bonchev–Trinajstić information content (AvgIpc) is 3.06. The van der Waals surface area contributed by atoms with Gasteiger partial charge in [0.1, 0.15) is 4.88 Å². The molecule has 0 saturated carbocycles. The normalized spacial score (nSPS) is 10.2. The molecule has 1 aromatic carbocycles. The van der Waals surface area contributed by atoms with Crippen molar-refractivity contribution in [2.24, 2.45) is 0 Å². The molecule has 1 aromatic heterocycles. The number of para-hydroxylation sites is 1. The van der Waals surface area contributed by atoms with E-state index < -0.39 is 11.9 Å². The molecule has 0 aliphatic heterocycles. The molecule has 0 spiro atoms. The number of methoxy groups -OCH3 is 1. The quantitative estimate of drug-likeness (QED) is 0.778. The van der Waals surface area contributed by atoms with Crippen LogP contribution in [0.3, 0.4) is 0 Å². The number of nitrogens with one attached hydrogen (secondary N) is 1. The van der Waals surface area contributed by atoms with E-state index in [-0.39, 0.29) is 12.5 Å². The molecule has 2 amide bonds. The number of likely N-dealkylation sites (N-methyl/N-ethyl adjacent to an activating group) is 1. The third-order valence-electron chi connectivity index (χ3n) is 3.16. The summed E-state index contributed by atoms with van der Waals surface area (Å²) in [7, 11) is 2.74. The topological polar surface area (TPSA) is 75.7 Å². The van der Waals surface area contributed by atoms with Crippen molar-refractivity contribution in [3.05, 3.63) is 50.1 Å². The second-order valence-corrected chi connectivity index (χ2v) is 6.86. The number of rotatable bonds is 5. The summed E-state index contributed by atoms with van der Waals surface area (Å²) in [6.45, 7) is -0.203. The summed E-state index contributed by atoms with van der Waals surface area (Å²) < 4.78 is 4.60. The van der Waals surface area contributed by atoms with E-state index >= 15 is 0 Å². The molecule has 0 saturated heterocycles. The predicted octanol–water partition coefficient (Wildman–Crippen LogP) is 3.55. The molecule has 2 aromatic rings. The first-order valence-electron chi connectivity index (χ1n) is 7.01. The molecule has 0 radical (unpaired) electrons. The number of thiophene rings is 1. The first kappa shape index (κ1) is 19.2. The Labute approximate surface area is 158 Å². The van der Waals surface area contributed by atoms with Crippen molar-refractivity contribution in [1.82, 2.24) is 4.90 Å². The number of hydrogen-bond donors (Lipinski definition) is 1. The van der Waals surface area contributed by atoms with Crippen LogP contribution in [0.4, 0.5) is 5.69 Å². The van der Waals surface area contributed by atoms with Crippen LogP contribution in [-0.2, 0) is 9.53 Å². The molecular formula is C16H14Cl2N2O4S. The molecule has 0 aliphatic carbocycles. The van der Waals surface area contributed by atoms with Gasteiger partial charge >= 0.3 is 5.97 Å². The maximum Gasteiger partial charge on any atom is 0.348 e. The van der Waals surface area contributed by atoms with Gasteiger partial charge in [-0.2, -0.15) is 0 Å². The molecule has 0 atom stereocenters. The Bertz CT molecular complexity index is 802. The highest BCUT2D eigenvalue weighted by Gasteiger charge is 2.20. The van der Waals surface area contributed by atoms with Crippen molar-refractivity contribution in [1.29, 1.82) is 0 Å². The summed E-state index contributed by atoms with van der Waals surface area (Å²) in [5, 5.41) is 3.18. The van der Waals surface area contributed by atoms with Gasteiger partial charge in [-0.3, -0.25) is 9.59 Å². The Balaban J connectivity index is 2.02. The lowest BCUT2D eigenvalue weighted by molar-refractivity contribution is -0.116. The van der Waals surface area contributed by atoms with Crippen LogP contribution in [0, 0.1) is 0 Å². The minimum Gasteiger partial charge on any atom is -0.465 e. The fourth-order valence-electron chi connectivity index (χ4n) is 1.93. The molecule has 6 nitrogen and oxygen atoms in total. The number of esters is 1. The Morgan fingerprint density at radius 3 is 2.32 bits per heavy atom. The van der Waals surface area contributed by atoms with Gasteiger partial charge in [-0.25, -0.2) is 4.79 Å². The Kier molecular flexibility index (Phi) is 6.41. The monoisotopic (exact) mass is 400 g/mol. The number of anilines is 1. The summed E-state index contributed by atoms with van der Waals surface area (Å²) in [5.41, 5.74) is 0.292. The third-order valence-corrected chi connectivity index (χ3v) is 4.84. The Morgan fingerprint density at radius 1 is 1.12 bits per heavy atom. The summed E-state index contributed by atoms with van der Waals surface area (Å²) in [6.07, 6.45) is 0. The second-order valence-electron chi connectivity index (χ2n) is 4.96. The van der Waals surface area contributed by atoms with E-state index in [1.807, 2.05) is 0 Å². The number of nitrogens with zero attached hydrogens (tertiary/aromatic N) is 1. The summed E-state index contributed by atoms with van der Waals surface area (Å²) in [4.78, 5) is 37.8. The minimum atomic E-state index is -0.516. The minimum absolute atomic E-state index is 0.203. The highest BCUT2D eigenvalue weighted by Crippen LogP contribution is 2.29. The molecule has 0 fully saturated rings. The SMILES string of the molecule is COC(=O)c1ccc(C(=O)N(C)CC(=O)Nc2c(Cl)cccc2Cl)s1. The zero-order chi connectivity index (χ0) is 18.6. The van der Waals surface area contributed by atoms with E-state index in [2.05, 4.69) is 10.1 Å². The lowest BCUT2D eigenvalue weighted by Crippen LogP contribution is -2.34. The number of hydrogen-bond acceptors (Lipinski definition) is 5. The first-order chi connectivity index (χ1) is 11.8. The fraction of sp³-hybridized carbons (Fsp3) is 0.188. The lowest BCUT2D eigenvalue weighted by Gasteiger charge is -2.16. The number of benzene rings is 1.